The number of nitrogens with one attached hydrogen (secondary N) is 1. The maximum absolute atomic E-state index is 12.5. The molecule has 2 aliphatic rings. The predicted molar refractivity (Wildman–Crippen MR) is 98.4 cm³/mol. The van der Waals surface area contributed by atoms with Crippen LogP contribution in [0.5, 0.6) is 0 Å². The van der Waals surface area contributed by atoms with Gasteiger partial charge in [0.05, 0.1) is 0 Å². The molecule has 0 radical (unpaired) electrons. The molecule has 0 unspecified atom stereocenters. The van der Waals surface area contributed by atoms with E-state index in [1.54, 1.807) is 11.9 Å². The normalized spacial score (nSPS) is 21.0. The summed E-state index contributed by atoms with van der Waals surface area (Å²) >= 11 is 0. The molecule has 2 fully saturated rings. The van der Waals surface area contributed by atoms with Gasteiger partial charge in [-0.05, 0) is 31.2 Å². The Kier molecular flexibility index (Phi) is 5.91. The Labute approximate surface area is 154 Å². The van der Waals surface area contributed by atoms with E-state index in [2.05, 4.69) is 5.32 Å². The number of benzene rings is 1. The smallest absolute Gasteiger partial charge is 0.325 e. The highest BCUT2D eigenvalue weighted by Gasteiger charge is 2.39. The summed E-state index contributed by atoms with van der Waals surface area (Å²) in [7, 11) is 1.78. The molecule has 140 valence electrons. The van der Waals surface area contributed by atoms with Gasteiger partial charge in [-0.25, -0.2) is 4.79 Å². The molecule has 1 aromatic rings. The monoisotopic (exact) mass is 357 g/mol. The third kappa shape index (κ3) is 4.23. The number of aryl methyl sites for hydroxylation is 1. The molecule has 1 aromatic carbocycles. The minimum absolute atomic E-state index is 0.163. The van der Waals surface area contributed by atoms with Crippen LogP contribution in [-0.2, 0) is 16.0 Å². The van der Waals surface area contributed by atoms with Gasteiger partial charge in [0, 0.05) is 13.1 Å². The maximum atomic E-state index is 12.5. The summed E-state index contributed by atoms with van der Waals surface area (Å²) in [5.74, 6) is -0.458. The Hall–Kier alpha value is -2.37. The lowest BCUT2D eigenvalue weighted by Gasteiger charge is -2.32. The molecule has 6 nitrogen and oxygen atoms in total. The number of hydrogen-bond acceptors (Lipinski definition) is 3. The molecule has 1 heterocycles. The topological polar surface area (TPSA) is 69.7 Å². The van der Waals surface area contributed by atoms with Gasteiger partial charge in [0.25, 0.3) is 5.91 Å². The number of imide groups is 1. The van der Waals surface area contributed by atoms with Gasteiger partial charge in [0.15, 0.2) is 0 Å². The molecule has 0 spiro atoms. The first kappa shape index (κ1) is 18.4. The molecular weight excluding hydrogens is 330 g/mol. The first-order chi connectivity index (χ1) is 12.6. The van der Waals surface area contributed by atoms with Crippen LogP contribution < -0.4 is 5.32 Å². The van der Waals surface area contributed by atoms with Gasteiger partial charge in [-0.2, -0.15) is 0 Å². The second kappa shape index (κ2) is 8.34. The van der Waals surface area contributed by atoms with Crippen molar-refractivity contribution in [1.82, 2.24) is 15.1 Å². The average Bonchev–Trinajstić information content (AvgIpc) is 2.94. The molecule has 6 heteroatoms. The molecule has 26 heavy (non-hydrogen) atoms. The number of nitrogens with zero attached hydrogens (tertiary/aromatic N) is 2. The number of carbonyl (C=O) groups is 3. The van der Waals surface area contributed by atoms with E-state index in [1.165, 1.54) is 6.42 Å². The van der Waals surface area contributed by atoms with Gasteiger partial charge in [-0.3, -0.25) is 14.5 Å². The van der Waals surface area contributed by atoms with E-state index >= 15 is 0 Å². The molecule has 0 aromatic heterocycles. The standard InChI is InChI=1S/C20H27N3O3/c1-22(16-10-6-3-7-11-16)18(24)14-23-19(25)17(21-20(23)26)13-12-15-8-4-2-5-9-15/h2,4-5,8-9,16-17H,3,6-7,10-14H2,1H3,(H,21,26)/t17-/m1/s1. The zero-order chi connectivity index (χ0) is 18.5. The first-order valence-electron chi connectivity index (χ1n) is 9.47. The van der Waals surface area contributed by atoms with E-state index in [0.29, 0.717) is 12.8 Å². The minimum atomic E-state index is -0.546. The van der Waals surface area contributed by atoms with Crippen LogP contribution >= 0.6 is 0 Å². The lowest BCUT2D eigenvalue weighted by Crippen LogP contribution is -2.46. The van der Waals surface area contributed by atoms with Gasteiger partial charge in [-0.1, -0.05) is 49.6 Å². The van der Waals surface area contributed by atoms with E-state index in [-0.39, 0.29) is 24.4 Å². The van der Waals surface area contributed by atoms with Crippen LogP contribution in [0.15, 0.2) is 30.3 Å². The highest BCUT2D eigenvalue weighted by atomic mass is 16.2. The van der Waals surface area contributed by atoms with Crippen LogP contribution in [0.2, 0.25) is 0 Å². The Balaban J connectivity index is 1.54. The Morgan fingerprint density at radius 2 is 1.85 bits per heavy atom. The molecule has 3 rings (SSSR count). The highest BCUT2D eigenvalue weighted by molar-refractivity contribution is 6.06. The fraction of sp³-hybridized carbons (Fsp3) is 0.550. The van der Waals surface area contributed by atoms with Crippen molar-refractivity contribution in [3.8, 4) is 0 Å². The molecule has 1 N–H and O–H groups in total. The molecule has 4 amide bonds. The zero-order valence-corrected chi connectivity index (χ0v) is 15.3. The average molecular weight is 357 g/mol. The second-order valence-electron chi connectivity index (χ2n) is 7.25. The summed E-state index contributed by atoms with van der Waals surface area (Å²) in [4.78, 5) is 40.0. The summed E-state index contributed by atoms with van der Waals surface area (Å²) in [5, 5.41) is 2.71. The maximum Gasteiger partial charge on any atom is 0.325 e. The number of likely N-dealkylation sites (N-methyl/N-ethyl adjacent to an activating group) is 1. The van der Waals surface area contributed by atoms with Crippen LogP contribution in [0.25, 0.3) is 0 Å². The summed E-state index contributed by atoms with van der Waals surface area (Å²) in [6.07, 6.45) is 6.73. The van der Waals surface area contributed by atoms with Crippen LogP contribution in [0.3, 0.4) is 0 Å². The van der Waals surface area contributed by atoms with E-state index < -0.39 is 12.1 Å². The molecule has 1 aliphatic heterocycles. The predicted octanol–water partition coefficient (Wildman–Crippen LogP) is 2.33. The van der Waals surface area contributed by atoms with Crippen molar-refractivity contribution >= 4 is 17.8 Å². The van der Waals surface area contributed by atoms with Crippen molar-refractivity contribution in [3.63, 3.8) is 0 Å². The fourth-order valence-corrected chi connectivity index (χ4v) is 3.80. The fourth-order valence-electron chi connectivity index (χ4n) is 3.80. The first-order valence-corrected chi connectivity index (χ1v) is 9.47. The van der Waals surface area contributed by atoms with Crippen molar-refractivity contribution in [2.24, 2.45) is 0 Å². The molecular formula is C20H27N3O3. The van der Waals surface area contributed by atoms with Crippen molar-refractivity contribution < 1.29 is 14.4 Å². The van der Waals surface area contributed by atoms with Gasteiger partial charge < -0.3 is 10.2 Å². The Morgan fingerprint density at radius 3 is 2.54 bits per heavy atom. The molecule has 1 saturated heterocycles. The largest absolute Gasteiger partial charge is 0.341 e. The molecule has 0 bridgehead atoms. The van der Waals surface area contributed by atoms with Crippen LogP contribution in [0.4, 0.5) is 4.79 Å². The van der Waals surface area contributed by atoms with E-state index in [9.17, 15) is 14.4 Å². The third-order valence-corrected chi connectivity index (χ3v) is 5.48. The number of rotatable bonds is 6. The van der Waals surface area contributed by atoms with Crippen LogP contribution in [0.1, 0.15) is 44.1 Å². The van der Waals surface area contributed by atoms with Gasteiger partial charge >= 0.3 is 6.03 Å². The number of carbonyl (C=O) groups excluding carboxylic acids is 3. The Bertz CT molecular complexity index is 656. The quantitative estimate of drug-likeness (QED) is 0.795. The summed E-state index contributed by atoms with van der Waals surface area (Å²) in [6, 6.07) is 9.08. The van der Waals surface area contributed by atoms with Crippen molar-refractivity contribution in [3.05, 3.63) is 35.9 Å². The molecule has 1 aliphatic carbocycles. The van der Waals surface area contributed by atoms with Crippen LogP contribution in [-0.4, -0.2) is 53.3 Å². The van der Waals surface area contributed by atoms with Gasteiger partial charge in [0.1, 0.15) is 12.6 Å². The lowest BCUT2D eigenvalue weighted by atomic mass is 9.94. The Morgan fingerprint density at radius 1 is 1.15 bits per heavy atom. The third-order valence-electron chi connectivity index (χ3n) is 5.48. The summed E-state index contributed by atoms with van der Waals surface area (Å²) < 4.78 is 0. The van der Waals surface area contributed by atoms with E-state index in [0.717, 1.165) is 36.1 Å². The van der Waals surface area contributed by atoms with Crippen molar-refractivity contribution in [2.75, 3.05) is 13.6 Å². The van der Waals surface area contributed by atoms with E-state index in [1.807, 2.05) is 30.3 Å². The van der Waals surface area contributed by atoms with E-state index in [4.69, 9.17) is 0 Å². The molecule has 1 atom stereocenters. The summed E-state index contributed by atoms with van der Waals surface area (Å²) in [5.41, 5.74) is 1.13. The second-order valence-corrected chi connectivity index (χ2v) is 7.25. The highest BCUT2D eigenvalue weighted by Crippen LogP contribution is 2.22. The van der Waals surface area contributed by atoms with Crippen molar-refractivity contribution in [1.29, 1.82) is 0 Å². The molecule has 1 saturated carbocycles. The van der Waals surface area contributed by atoms with Gasteiger partial charge in [-0.15, -0.1) is 0 Å². The minimum Gasteiger partial charge on any atom is -0.341 e. The van der Waals surface area contributed by atoms with Crippen molar-refractivity contribution in [2.45, 2.75) is 57.0 Å². The number of hydrogen-bond donors (Lipinski definition) is 1. The van der Waals surface area contributed by atoms with Gasteiger partial charge in [0.2, 0.25) is 5.91 Å². The number of amides is 4. The van der Waals surface area contributed by atoms with Crippen LogP contribution in [0, 0.1) is 0 Å². The zero-order valence-electron chi connectivity index (χ0n) is 15.3. The SMILES string of the molecule is CN(C(=O)CN1C(=O)N[C@H](CCc2ccccc2)C1=O)C1CCCCC1. The summed E-state index contributed by atoms with van der Waals surface area (Å²) in [6.45, 7) is -0.167. The number of urea groups is 1. The lowest BCUT2D eigenvalue weighted by molar-refractivity contribution is -0.138.